The highest BCUT2D eigenvalue weighted by atomic mass is 79.9. The van der Waals surface area contributed by atoms with E-state index in [1.165, 1.54) is 0 Å². The van der Waals surface area contributed by atoms with Gasteiger partial charge in [-0.1, -0.05) is 25.1 Å². The number of rotatable bonds is 7. The van der Waals surface area contributed by atoms with Gasteiger partial charge in [0, 0.05) is 18.3 Å². The molecular weight excluding hydrogens is 316 g/mol. The molecule has 0 spiro atoms. The number of para-hydroxylation sites is 1. The maximum Gasteiger partial charge on any atom is 0.138 e. The van der Waals surface area contributed by atoms with Gasteiger partial charge in [-0.05, 0) is 47.1 Å². The Bertz CT molecular complexity index is 531. The van der Waals surface area contributed by atoms with Crippen molar-refractivity contribution in [2.24, 2.45) is 0 Å². The molecule has 1 aromatic carbocycles. The second kappa shape index (κ2) is 8.02. The fourth-order valence-corrected chi connectivity index (χ4v) is 2.41. The molecular formula is C16H19BrN2O. The first kappa shape index (κ1) is 15.0. The van der Waals surface area contributed by atoms with Crippen molar-refractivity contribution in [1.29, 1.82) is 0 Å². The molecule has 1 N–H and O–H groups in total. The molecule has 3 nitrogen and oxygen atoms in total. The average molecular weight is 335 g/mol. The van der Waals surface area contributed by atoms with Gasteiger partial charge in [0.05, 0.1) is 10.2 Å². The van der Waals surface area contributed by atoms with Crippen molar-refractivity contribution in [2.45, 2.75) is 26.5 Å². The number of ether oxygens (including phenoxy) is 1. The number of hydrogen-bond donors (Lipinski definition) is 1. The monoisotopic (exact) mass is 334 g/mol. The van der Waals surface area contributed by atoms with E-state index in [-0.39, 0.29) is 0 Å². The van der Waals surface area contributed by atoms with E-state index in [2.05, 4.69) is 39.2 Å². The second-order valence-electron chi connectivity index (χ2n) is 4.51. The van der Waals surface area contributed by atoms with Gasteiger partial charge < -0.3 is 10.1 Å². The third-order valence-corrected chi connectivity index (χ3v) is 3.51. The van der Waals surface area contributed by atoms with Crippen LogP contribution >= 0.6 is 15.9 Å². The van der Waals surface area contributed by atoms with E-state index < -0.39 is 0 Å². The number of pyridine rings is 1. The highest BCUT2D eigenvalue weighted by Gasteiger charge is 2.08. The molecule has 0 aliphatic rings. The molecule has 0 bridgehead atoms. The van der Waals surface area contributed by atoms with Crippen molar-refractivity contribution in [3.63, 3.8) is 0 Å². The average Bonchev–Trinajstić information content (AvgIpc) is 2.48. The number of benzene rings is 1. The smallest absolute Gasteiger partial charge is 0.138 e. The van der Waals surface area contributed by atoms with Crippen LogP contribution in [0.5, 0.6) is 5.75 Å². The molecule has 0 unspecified atom stereocenters. The Morgan fingerprint density at radius 3 is 2.85 bits per heavy atom. The van der Waals surface area contributed by atoms with Crippen LogP contribution in [0.3, 0.4) is 0 Å². The molecule has 0 aliphatic heterocycles. The molecule has 20 heavy (non-hydrogen) atoms. The van der Waals surface area contributed by atoms with Gasteiger partial charge in [0.25, 0.3) is 0 Å². The van der Waals surface area contributed by atoms with Crippen LogP contribution in [0.1, 0.15) is 24.6 Å². The predicted octanol–water partition coefficient (Wildman–Crippen LogP) is 3.92. The first-order valence-electron chi connectivity index (χ1n) is 6.82. The lowest BCUT2D eigenvalue weighted by Crippen LogP contribution is -2.15. The van der Waals surface area contributed by atoms with Crippen LogP contribution in [0.2, 0.25) is 0 Å². The highest BCUT2D eigenvalue weighted by molar-refractivity contribution is 9.10. The van der Waals surface area contributed by atoms with E-state index in [1.807, 2.05) is 30.3 Å². The quantitative estimate of drug-likeness (QED) is 0.779. The minimum absolute atomic E-state index is 0.476. The van der Waals surface area contributed by atoms with Crippen LogP contribution in [0.25, 0.3) is 0 Å². The number of hydrogen-bond acceptors (Lipinski definition) is 3. The van der Waals surface area contributed by atoms with Crippen LogP contribution in [-0.4, -0.2) is 11.5 Å². The van der Waals surface area contributed by atoms with Crippen molar-refractivity contribution in [2.75, 3.05) is 6.54 Å². The topological polar surface area (TPSA) is 34.1 Å². The molecule has 0 aliphatic carbocycles. The highest BCUT2D eigenvalue weighted by Crippen LogP contribution is 2.29. The van der Waals surface area contributed by atoms with Gasteiger partial charge in [0.15, 0.2) is 0 Å². The van der Waals surface area contributed by atoms with E-state index in [0.717, 1.165) is 41.0 Å². The third-order valence-electron chi connectivity index (χ3n) is 2.88. The zero-order valence-corrected chi connectivity index (χ0v) is 13.2. The largest absolute Gasteiger partial charge is 0.486 e. The summed E-state index contributed by atoms with van der Waals surface area (Å²) in [5.74, 6) is 0.891. The van der Waals surface area contributed by atoms with E-state index >= 15 is 0 Å². The zero-order valence-electron chi connectivity index (χ0n) is 11.6. The molecule has 2 aromatic rings. The Labute approximate surface area is 128 Å². The lowest BCUT2D eigenvalue weighted by Gasteiger charge is -2.13. The lowest BCUT2D eigenvalue weighted by atomic mass is 10.2. The normalized spacial score (nSPS) is 10.5. The minimum atomic E-state index is 0.476. The lowest BCUT2D eigenvalue weighted by molar-refractivity contribution is 0.295. The minimum Gasteiger partial charge on any atom is -0.486 e. The molecule has 2 rings (SSSR count). The SMILES string of the molecule is CCCNCc1cccc(Br)c1OCc1ccccn1. The Kier molecular flexibility index (Phi) is 6.02. The summed E-state index contributed by atoms with van der Waals surface area (Å²) in [6, 6.07) is 11.9. The van der Waals surface area contributed by atoms with Crippen LogP contribution in [0.4, 0.5) is 0 Å². The van der Waals surface area contributed by atoms with Gasteiger partial charge >= 0.3 is 0 Å². The Morgan fingerprint density at radius 2 is 2.10 bits per heavy atom. The van der Waals surface area contributed by atoms with Crippen molar-refractivity contribution < 1.29 is 4.74 Å². The van der Waals surface area contributed by atoms with Crippen molar-refractivity contribution in [3.8, 4) is 5.75 Å². The Morgan fingerprint density at radius 1 is 1.20 bits per heavy atom. The molecule has 0 saturated carbocycles. The summed E-state index contributed by atoms with van der Waals surface area (Å²) >= 11 is 3.56. The summed E-state index contributed by atoms with van der Waals surface area (Å²) in [6.45, 7) is 4.45. The van der Waals surface area contributed by atoms with Crippen LogP contribution in [0.15, 0.2) is 47.1 Å². The number of halogens is 1. The van der Waals surface area contributed by atoms with Crippen molar-refractivity contribution in [1.82, 2.24) is 10.3 Å². The molecule has 1 aromatic heterocycles. The molecule has 0 fully saturated rings. The fourth-order valence-electron chi connectivity index (χ4n) is 1.88. The summed E-state index contributed by atoms with van der Waals surface area (Å²) in [6.07, 6.45) is 2.90. The van der Waals surface area contributed by atoms with E-state index in [4.69, 9.17) is 4.74 Å². The first-order valence-corrected chi connectivity index (χ1v) is 7.61. The summed E-state index contributed by atoms with van der Waals surface area (Å²) < 4.78 is 6.91. The Balaban J connectivity index is 2.05. The van der Waals surface area contributed by atoms with Gasteiger partial charge in [-0.3, -0.25) is 4.98 Å². The molecule has 1 heterocycles. The van der Waals surface area contributed by atoms with Crippen LogP contribution in [-0.2, 0) is 13.2 Å². The standard InChI is InChI=1S/C16H19BrN2O/c1-2-9-18-11-13-6-5-8-15(17)16(13)20-12-14-7-3-4-10-19-14/h3-8,10,18H,2,9,11-12H2,1H3. The second-order valence-corrected chi connectivity index (χ2v) is 5.37. The molecule has 0 amide bonds. The maximum absolute atomic E-state index is 5.94. The molecule has 0 radical (unpaired) electrons. The van der Waals surface area contributed by atoms with Gasteiger partial charge in [-0.2, -0.15) is 0 Å². The number of nitrogens with one attached hydrogen (secondary N) is 1. The number of aromatic nitrogens is 1. The number of nitrogens with zero attached hydrogens (tertiary/aromatic N) is 1. The Hall–Kier alpha value is -1.39. The van der Waals surface area contributed by atoms with Crippen LogP contribution < -0.4 is 10.1 Å². The van der Waals surface area contributed by atoms with E-state index in [9.17, 15) is 0 Å². The maximum atomic E-state index is 5.94. The zero-order chi connectivity index (χ0) is 14.2. The van der Waals surface area contributed by atoms with Crippen molar-refractivity contribution >= 4 is 15.9 Å². The summed E-state index contributed by atoms with van der Waals surface area (Å²) in [7, 11) is 0. The van der Waals surface area contributed by atoms with Gasteiger partial charge in [-0.25, -0.2) is 0 Å². The van der Waals surface area contributed by atoms with Crippen molar-refractivity contribution in [3.05, 3.63) is 58.3 Å². The van der Waals surface area contributed by atoms with Gasteiger partial charge in [-0.15, -0.1) is 0 Å². The van der Waals surface area contributed by atoms with Crippen LogP contribution in [0, 0.1) is 0 Å². The molecule has 106 valence electrons. The summed E-state index contributed by atoms with van der Waals surface area (Å²) in [5.41, 5.74) is 2.08. The third kappa shape index (κ3) is 4.32. The van der Waals surface area contributed by atoms with E-state index in [1.54, 1.807) is 6.20 Å². The first-order chi connectivity index (χ1) is 9.81. The summed E-state index contributed by atoms with van der Waals surface area (Å²) in [4.78, 5) is 4.27. The predicted molar refractivity (Wildman–Crippen MR) is 84.7 cm³/mol. The van der Waals surface area contributed by atoms with Gasteiger partial charge in [0.2, 0.25) is 0 Å². The van der Waals surface area contributed by atoms with Gasteiger partial charge in [0.1, 0.15) is 12.4 Å². The van der Waals surface area contributed by atoms with E-state index in [0.29, 0.717) is 6.61 Å². The molecule has 0 atom stereocenters. The fraction of sp³-hybridized carbons (Fsp3) is 0.312. The molecule has 0 saturated heterocycles. The molecule has 4 heteroatoms. The summed E-state index contributed by atoms with van der Waals surface area (Å²) in [5, 5.41) is 3.40.